The van der Waals surface area contributed by atoms with Crippen LogP contribution in [0.5, 0.6) is 0 Å². The molecule has 0 radical (unpaired) electrons. The number of aliphatic imine (C=N–C) groups is 1. The third kappa shape index (κ3) is 2.78. The van der Waals surface area contributed by atoms with Gasteiger partial charge in [0.25, 0.3) is 0 Å². The Morgan fingerprint density at radius 3 is 3.26 bits per heavy atom. The first-order chi connectivity index (χ1) is 9.17. The molecule has 19 heavy (non-hydrogen) atoms. The van der Waals surface area contributed by atoms with Crippen LogP contribution in [0.4, 0.5) is 0 Å². The molecule has 1 saturated heterocycles. The smallest absolute Gasteiger partial charge is 0.157 e. The van der Waals surface area contributed by atoms with Gasteiger partial charge in [-0.1, -0.05) is 31.5 Å². The predicted molar refractivity (Wildman–Crippen MR) is 78.1 cm³/mol. The van der Waals surface area contributed by atoms with E-state index < -0.39 is 0 Å². The van der Waals surface area contributed by atoms with E-state index in [-0.39, 0.29) is 0 Å². The number of rotatable bonds is 2. The third-order valence-electron chi connectivity index (χ3n) is 4.12. The zero-order valence-electron chi connectivity index (χ0n) is 11.6. The Bertz CT molecular complexity index is 483. The molecule has 2 fully saturated rings. The average Bonchev–Trinajstić information content (AvgIpc) is 2.94. The molecule has 2 aliphatic rings. The van der Waals surface area contributed by atoms with Gasteiger partial charge in [0.05, 0.1) is 0 Å². The Kier molecular flexibility index (Phi) is 3.52. The minimum atomic E-state index is 0.307. The maximum atomic E-state index is 4.65. The van der Waals surface area contributed by atoms with E-state index >= 15 is 0 Å². The molecule has 0 bridgehead atoms. The molecule has 0 aromatic carbocycles. The molecule has 0 amide bonds. The Hall–Kier alpha value is -1.04. The standard InChI is InChI=1S/C13H21N5S/c1-10-4-3-5-13(6-10)8-19-12(16-13)14-7-11-17-15-9-18(11)2/h9-10H,3-8H2,1-2H3,(H,14,16). The Morgan fingerprint density at radius 2 is 2.53 bits per heavy atom. The van der Waals surface area contributed by atoms with Crippen molar-refractivity contribution in [3.05, 3.63) is 12.2 Å². The van der Waals surface area contributed by atoms with Crippen LogP contribution >= 0.6 is 11.8 Å². The van der Waals surface area contributed by atoms with Crippen molar-refractivity contribution >= 4 is 16.9 Å². The number of aromatic nitrogens is 3. The third-order valence-corrected chi connectivity index (χ3v) is 5.32. The van der Waals surface area contributed by atoms with Crippen molar-refractivity contribution in [1.82, 2.24) is 20.1 Å². The van der Waals surface area contributed by atoms with Gasteiger partial charge in [-0.25, -0.2) is 0 Å². The summed E-state index contributed by atoms with van der Waals surface area (Å²) in [5, 5.41) is 12.7. The molecule has 2 atom stereocenters. The predicted octanol–water partition coefficient (Wildman–Crippen LogP) is 1.96. The molecular formula is C13H21N5S. The largest absolute Gasteiger partial charge is 0.359 e. The van der Waals surface area contributed by atoms with Crippen LogP contribution in [-0.2, 0) is 13.6 Å². The fourth-order valence-corrected chi connectivity index (χ4v) is 4.28. The van der Waals surface area contributed by atoms with E-state index in [0.717, 1.165) is 22.7 Å². The number of nitrogens with zero attached hydrogens (tertiary/aromatic N) is 4. The Balaban J connectivity index is 1.64. The van der Waals surface area contributed by atoms with Gasteiger partial charge < -0.3 is 9.88 Å². The van der Waals surface area contributed by atoms with Crippen LogP contribution in [0.25, 0.3) is 0 Å². The number of nitrogens with one attached hydrogen (secondary N) is 1. The maximum absolute atomic E-state index is 4.65. The molecule has 2 heterocycles. The monoisotopic (exact) mass is 279 g/mol. The molecule has 1 aromatic rings. The second kappa shape index (κ2) is 5.15. The van der Waals surface area contributed by atoms with Crippen LogP contribution in [0.3, 0.4) is 0 Å². The van der Waals surface area contributed by atoms with E-state index in [2.05, 4.69) is 27.4 Å². The topological polar surface area (TPSA) is 55.1 Å². The highest BCUT2D eigenvalue weighted by molar-refractivity contribution is 8.14. The van der Waals surface area contributed by atoms with Gasteiger partial charge in [0.1, 0.15) is 12.9 Å². The van der Waals surface area contributed by atoms with Crippen LogP contribution in [0.1, 0.15) is 38.4 Å². The fraction of sp³-hybridized carbons (Fsp3) is 0.769. The summed E-state index contributed by atoms with van der Waals surface area (Å²) in [6.07, 6.45) is 7.00. The van der Waals surface area contributed by atoms with Gasteiger partial charge in [0, 0.05) is 18.3 Å². The lowest BCUT2D eigenvalue weighted by molar-refractivity contribution is 0.242. The van der Waals surface area contributed by atoms with Crippen LogP contribution in [0.15, 0.2) is 11.3 Å². The molecule has 1 N–H and O–H groups in total. The maximum Gasteiger partial charge on any atom is 0.157 e. The van der Waals surface area contributed by atoms with Crippen molar-refractivity contribution in [2.45, 2.75) is 44.7 Å². The normalized spacial score (nSPS) is 32.9. The highest BCUT2D eigenvalue weighted by Gasteiger charge is 2.40. The van der Waals surface area contributed by atoms with Crippen molar-refractivity contribution in [2.75, 3.05) is 5.75 Å². The lowest BCUT2D eigenvalue weighted by Gasteiger charge is -2.36. The summed E-state index contributed by atoms with van der Waals surface area (Å²) in [5.41, 5.74) is 0.307. The summed E-state index contributed by atoms with van der Waals surface area (Å²) < 4.78 is 1.92. The van der Waals surface area contributed by atoms with E-state index in [1.165, 1.54) is 25.7 Å². The lowest BCUT2D eigenvalue weighted by atomic mass is 9.78. The van der Waals surface area contributed by atoms with Gasteiger partial charge in [-0.15, -0.1) is 10.2 Å². The van der Waals surface area contributed by atoms with Crippen molar-refractivity contribution in [2.24, 2.45) is 18.0 Å². The van der Waals surface area contributed by atoms with Gasteiger partial charge in [0.15, 0.2) is 11.0 Å². The molecule has 1 aliphatic carbocycles. The van der Waals surface area contributed by atoms with Crippen molar-refractivity contribution in [3.8, 4) is 0 Å². The molecule has 1 spiro atoms. The minimum Gasteiger partial charge on any atom is -0.359 e. The summed E-state index contributed by atoms with van der Waals surface area (Å²) in [7, 11) is 1.95. The molecule has 1 aliphatic heterocycles. The quantitative estimate of drug-likeness (QED) is 0.899. The first-order valence-electron chi connectivity index (χ1n) is 6.95. The van der Waals surface area contributed by atoms with Gasteiger partial charge in [-0.2, -0.15) is 0 Å². The lowest BCUT2D eigenvalue weighted by Crippen LogP contribution is -2.47. The van der Waals surface area contributed by atoms with Gasteiger partial charge in [0.2, 0.25) is 0 Å². The first-order valence-corrected chi connectivity index (χ1v) is 7.94. The summed E-state index contributed by atoms with van der Waals surface area (Å²) in [6.45, 7) is 2.97. The summed E-state index contributed by atoms with van der Waals surface area (Å²) in [4.78, 5) is 4.65. The Morgan fingerprint density at radius 1 is 1.63 bits per heavy atom. The summed E-state index contributed by atoms with van der Waals surface area (Å²) in [5.74, 6) is 2.91. The fourth-order valence-electron chi connectivity index (χ4n) is 3.09. The highest BCUT2D eigenvalue weighted by atomic mass is 32.2. The van der Waals surface area contributed by atoms with E-state index in [9.17, 15) is 0 Å². The van der Waals surface area contributed by atoms with Crippen molar-refractivity contribution in [3.63, 3.8) is 0 Å². The van der Waals surface area contributed by atoms with Gasteiger partial charge >= 0.3 is 0 Å². The van der Waals surface area contributed by atoms with Crippen LogP contribution < -0.4 is 5.32 Å². The number of hydrogen-bond donors (Lipinski definition) is 1. The first kappa shape index (κ1) is 13.0. The molecule has 104 valence electrons. The van der Waals surface area contributed by atoms with Crippen molar-refractivity contribution in [1.29, 1.82) is 0 Å². The molecule has 1 saturated carbocycles. The molecule has 6 heteroatoms. The van der Waals surface area contributed by atoms with Crippen LogP contribution in [0, 0.1) is 5.92 Å². The summed E-state index contributed by atoms with van der Waals surface area (Å²) in [6, 6.07) is 0. The van der Waals surface area contributed by atoms with Crippen LogP contribution in [0.2, 0.25) is 0 Å². The van der Waals surface area contributed by atoms with E-state index in [4.69, 9.17) is 0 Å². The number of aryl methyl sites for hydroxylation is 1. The highest BCUT2D eigenvalue weighted by Crippen LogP contribution is 2.38. The molecule has 3 rings (SSSR count). The van der Waals surface area contributed by atoms with E-state index in [1.54, 1.807) is 6.33 Å². The second-order valence-electron chi connectivity index (χ2n) is 5.87. The van der Waals surface area contributed by atoms with E-state index in [0.29, 0.717) is 12.1 Å². The number of thioether (sulfide) groups is 1. The average molecular weight is 279 g/mol. The molecule has 5 nitrogen and oxygen atoms in total. The van der Waals surface area contributed by atoms with Gasteiger partial charge in [-0.05, 0) is 18.8 Å². The second-order valence-corrected chi connectivity index (χ2v) is 6.84. The zero-order chi connectivity index (χ0) is 13.3. The molecule has 2 unspecified atom stereocenters. The molecular weight excluding hydrogens is 258 g/mol. The number of amidine groups is 1. The Labute approximate surface area is 118 Å². The SMILES string of the molecule is CC1CCCC2(CSC(=NCc3nncn3C)N2)C1. The minimum absolute atomic E-state index is 0.307. The zero-order valence-corrected chi connectivity index (χ0v) is 12.4. The van der Waals surface area contributed by atoms with E-state index in [1.807, 2.05) is 23.4 Å². The van der Waals surface area contributed by atoms with Crippen LogP contribution in [-0.4, -0.2) is 31.2 Å². The molecule has 1 aromatic heterocycles. The van der Waals surface area contributed by atoms with Gasteiger partial charge in [-0.3, -0.25) is 4.99 Å². The number of hydrogen-bond acceptors (Lipinski definition) is 4. The summed E-state index contributed by atoms with van der Waals surface area (Å²) >= 11 is 1.86. The van der Waals surface area contributed by atoms with Crippen molar-refractivity contribution < 1.29 is 0 Å².